The molecule has 0 bridgehead atoms. The lowest BCUT2D eigenvalue weighted by molar-refractivity contribution is 0.386. The summed E-state index contributed by atoms with van der Waals surface area (Å²) in [5.74, 6) is 0.702. The van der Waals surface area contributed by atoms with Crippen molar-refractivity contribution >= 4 is 23.1 Å². The molecule has 0 spiro atoms. The number of hydrogen-bond acceptors (Lipinski definition) is 5. The number of fused-ring (bicyclic) bond motifs is 1. The van der Waals surface area contributed by atoms with Crippen LogP contribution in [0.4, 0.5) is 0 Å². The highest BCUT2D eigenvalue weighted by Crippen LogP contribution is 2.23. The van der Waals surface area contributed by atoms with E-state index in [0.717, 1.165) is 43.6 Å². The zero-order chi connectivity index (χ0) is 24.8. The predicted molar refractivity (Wildman–Crippen MR) is 145 cm³/mol. The van der Waals surface area contributed by atoms with Crippen LogP contribution in [0.1, 0.15) is 42.8 Å². The van der Waals surface area contributed by atoms with Gasteiger partial charge in [0.2, 0.25) is 0 Å². The molecule has 0 aliphatic rings. The lowest BCUT2D eigenvalue weighted by Crippen LogP contribution is -2.31. The molecule has 0 saturated heterocycles. The van der Waals surface area contributed by atoms with Crippen LogP contribution in [-0.2, 0) is 19.9 Å². The first-order valence-electron chi connectivity index (χ1n) is 12.3. The van der Waals surface area contributed by atoms with E-state index in [9.17, 15) is 4.79 Å². The van der Waals surface area contributed by atoms with Gasteiger partial charge < -0.3 is 9.88 Å². The number of nitrogens with one attached hydrogen (secondary N) is 2. The molecule has 2 heterocycles. The van der Waals surface area contributed by atoms with Gasteiger partial charge in [-0.05, 0) is 75.5 Å². The summed E-state index contributed by atoms with van der Waals surface area (Å²) in [5.41, 5.74) is 3.86. The molecule has 4 rings (SSSR count). The van der Waals surface area contributed by atoms with Crippen LogP contribution in [0.25, 0.3) is 11.2 Å². The van der Waals surface area contributed by atoms with E-state index in [1.54, 1.807) is 11.9 Å². The molecule has 2 aromatic heterocycles. The summed E-state index contributed by atoms with van der Waals surface area (Å²) < 4.78 is 7.47. The number of nitrogens with zero attached hydrogens (tertiary/aromatic N) is 4. The molecule has 1 atom stereocenters. The van der Waals surface area contributed by atoms with Crippen LogP contribution in [0.2, 0.25) is 0 Å². The van der Waals surface area contributed by atoms with Crippen molar-refractivity contribution in [2.75, 3.05) is 27.2 Å². The van der Waals surface area contributed by atoms with Crippen molar-refractivity contribution in [1.29, 1.82) is 0 Å². The number of aryl methyl sites for hydroxylation is 2. The molecule has 8 heteroatoms. The normalized spacial score (nSPS) is 12.6. The van der Waals surface area contributed by atoms with Gasteiger partial charge in [0.1, 0.15) is 5.82 Å². The molecule has 186 valence electrons. The Morgan fingerprint density at radius 2 is 1.83 bits per heavy atom. The number of aromatic amines is 1. The van der Waals surface area contributed by atoms with E-state index >= 15 is 0 Å². The lowest BCUT2D eigenvalue weighted by Gasteiger charge is -2.27. The van der Waals surface area contributed by atoms with Gasteiger partial charge in [0.25, 0.3) is 5.56 Å². The van der Waals surface area contributed by atoms with E-state index in [0.29, 0.717) is 17.8 Å². The number of hydrogen-bond donors (Lipinski definition) is 2. The first-order chi connectivity index (χ1) is 16.9. The summed E-state index contributed by atoms with van der Waals surface area (Å²) in [5, 5.41) is 0. The van der Waals surface area contributed by atoms with E-state index in [1.165, 1.54) is 10.5 Å². The summed E-state index contributed by atoms with van der Waals surface area (Å²) in [6.45, 7) is 4.13. The minimum atomic E-state index is -0.0718. The van der Waals surface area contributed by atoms with Gasteiger partial charge in [-0.1, -0.05) is 42.5 Å². The largest absolute Gasteiger partial charge is 0.308 e. The van der Waals surface area contributed by atoms with Crippen molar-refractivity contribution in [2.45, 2.75) is 43.5 Å². The maximum atomic E-state index is 12.7. The predicted octanol–water partition coefficient (Wildman–Crippen LogP) is 4.40. The van der Waals surface area contributed by atoms with E-state index in [-0.39, 0.29) is 11.6 Å². The Kier molecular flexibility index (Phi) is 8.49. The van der Waals surface area contributed by atoms with Crippen LogP contribution >= 0.6 is 11.9 Å². The molecule has 0 saturated carbocycles. The first kappa shape index (κ1) is 25.3. The minimum Gasteiger partial charge on any atom is -0.308 e. The molecular weight excluding hydrogens is 456 g/mol. The monoisotopic (exact) mass is 492 g/mol. The maximum absolute atomic E-state index is 12.7. The van der Waals surface area contributed by atoms with Gasteiger partial charge in [-0.25, -0.2) is 4.98 Å². The molecular formula is C27H36N6OS. The summed E-state index contributed by atoms with van der Waals surface area (Å²) in [7, 11) is 6.08. The Morgan fingerprint density at radius 3 is 2.54 bits per heavy atom. The minimum absolute atomic E-state index is 0.0718. The zero-order valence-corrected chi connectivity index (χ0v) is 21.9. The fraction of sp³-hybridized carbons (Fsp3) is 0.407. The summed E-state index contributed by atoms with van der Waals surface area (Å²) >= 11 is 1.64. The molecule has 0 fully saturated rings. The van der Waals surface area contributed by atoms with Crippen LogP contribution in [0, 0.1) is 0 Å². The van der Waals surface area contributed by atoms with E-state index in [1.807, 2.05) is 11.7 Å². The number of aromatic nitrogens is 4. The standard InChI is InChI=1S/C27H36N6OS/c1-20(9-8-12-21-10-6-5-7-11-21)33-26-25(32(33)4)27(34)30-24(29-26)19-22-13-15-23(16-14-22)35-28-17-18-31(2)3/h5-7,10-11,13-16,20,28H,8-9,12,17-19H2,1-4H3,(H,29,30,34). The molecule has 2 N–H and O–H groups in total. The van der Waals surface area contributed by atoms with Crippen molar-refractivity contribution < 1.29 is 0 Å². The van der Waals surface area contributed by atoms with E-state index in [4.69, 9.17) is 4.98 Å². The smallest absolute Gasteiger partial charge is 0.278 e. The average Bonchev–Trinajstić information content (AvgIpc) is 2.83. The number of rotatable bonds is 12. The highest BCUT2D eigenvalue weighted by Gasteiger charge is 2.21. The van der Waals surface area contributed by atoms with Gasteiger partial charge in [-0.15, -0.1) is 0 Å². The van der Waals surface area contributed by atoms with Gasteiger partial charge in [-0.3, -0.25) is 18.9 Å². The third kappa shape index (κ3) is 6.45. The summed E-state index contributed by atoms with van der Waals surface area (Å²) in [4.78, 5) is 23.9. The molecule has 0 radical (unpaired) electrons. The second kappa shape index (κ2) is 11.7. The Morgan fingerprint density at radius 1 is 1.09 bits per heavy atom. The molecule has 35 heavy (non-hydrogen) atoms. The van der Waals surface area contributed by atoms with E-state index in [2.05, 4.69) is 94.9 Å². The van der Waals surface area contributed by atoms with Crippen LogP contribution in [0.5, 0.6) is 0 Å². The summed E-state index contributed by atoms with van der Waals surface area (Å²) in [6.07, 6.45) is 3.78. The maximum Gasteiger partial charge on any atom is 0.278 e. The van der Waals surface area contributed by atoms with Crippen LogP contribution in [-0.4, -0.2) is 51.4 Å². The van der Waals surface area contributed by atoms with Crippen LogP contribution in [0.15, 0.2) is 64.3 Å². The highest BCUT2D eigenvalue weighted by molar-refractivity contribution is 7.97. The molecule has 2 aromatic carbocycles. The third-order valence-corrected chi connectivity index (χ3v) is 7.14. The molecule has 0 aliphatic carbocycles. The SMILES string of the molecule is CC(CCCc1ccccc1)n1c2nc(Cc3ccc(SNCCN(C)C)cc3)[nH]c(=O)c2n1C. The lowest BCUT2D eigenvalue weighted by atomic mass is 10.1. The first-order valence-corrected chi connectivity index (χ1v) is 13.1. The van der Waals surface area contributed by atoms with Gasteiger partial charge in [0.15, 0.2) is 11.2 Å². The van der Waals surface area contributed by atoms with Crippen molar-refractivity contribution in [2.24, 2.45) is 7.05 Å². The number of likely N-dealkylation sites (N-methyl/N-ethyl adjacent to an activating group) is 1. The third-order valence-electron chi connectivity index (χ3n) is 6.28. The van der Waals surface area contributed by atoms with Crippen molar-refractivity contribution in [1.82, 2.24) is 29.0 Å². The molecule has 0 aliphatic heterocycles. The number of benzene rings is 2. The summed E-state index contributed by atoms with van der Waals surface area (Å²) in [6, 6.07) is 19.3. The highest BCUT2D eigenvalue weighted by atomic mass is 32.2. The second-order valence-corrected chi connectivity index (χ2v) is 10.4. The van der Waals surface area contributed by atoms with Crippen LogP contribution < -0.4 is 10.3 Å². The Hall–Kier alpha value is -2.81. The Labute approximate surface area is 211 Å². The number of H-pyrrole nitrogens is 1. The quantitative estimate of drug-likeness (QED) is 0.227. The molecule has 4 aromatic rings. The van der Waals surface area contributed by atoms with E-state index < -0.39 is 0 Å². The topological polar surface area (TPSA) is 70.9 Å². The molecule has 0 amide bonds. The van der Waals surface area contributed by atoms with Crippen molar-refractivity contribution in [3.05, 3.63) is 81.9 Å². The fourth-order valence-corrected chi connectivity index (χ4v) is 5.02. The average molecular weight is 493 g/mol. The Balaban J connectivity index is 1.39. The molecule has 1 unspecified atom stereocenters. The fourth-order valence-electron chi connectivity index (χ4n) is 4.39. The second-order valence-electron chi connectivity index (χ2n) is 9.40. The van der Waals surface area contributed by atoms with Crippen molar-refractivity contribution in [3.8, 4) is 0 Å². The van der Waals surface area contributed by atoms with Gasteiger partial charge >= 0.3 is 0 Å². The Bertz CT molecular complexity index is 1270. The van der Waals surface area contributed by atoms with Crippen molar-refractivity contribution in [3.63, 3.8) is 0 Å². The molecule has 7 nitrogen and oxygen atoms in total. The van der Waals surface area contributed by atoms with Crippen LogP contribution in [0.3, 0.4) is 0 Å². The van der Waals surface area contributed by atoms with Gasteiger partial charge in [0, 0.05) is 37.5 Å². The van der Waals surface area contributed by atoms with Gasteiger partial charge in [0.05, 0.1) is 0 Å². The van der Waals surface area contributed by atoms with Gasteiger partial charge in [-0.2, -0.15) is 0 Å². The zero-order valence-electron chi connectivity index (χ0n) is 21.1.